The molecule has 1 fully saturated rings. The van der Waals surface area contributed by atoms with Crippen molar-refractivity contribution in [2.24, 2.45) is 0 Å². The Morgan fingerprint density at radius 2 is 1.58 bits per heavy atom. The largest absolute Gasteiger partial charge is 0.335 e. The molecular formula is C16H22N4O4S2. The highest BCUT2D eigenvalue weighted by Gasteiger charge is 2.32. The number of rotatable bonds is 5. The minimum atomic E-state index is -3.69. The number of aryl methyl sites for hydroxylation is 1. The summed E-state index contributed by atoms with van der Waals surface area (Å²) in [6.07, 6.45) is 3.83. The van der Waals surface area contributed by atoms with Crippen molar-refractivity contribution in [2.45, 2.75) is 29.7 Å². The lowest BCUT2D eigenvalue weighted by Crippen LogP contribution is -2.37. The number of aromatic amines is 1. The summed E-state index contributed by atoms with van der Waals surface area (Å²) in [7, 11) is -7.33. The van der Waals surface area contributed by atoms with Crippen LogP contribution >= 0.6 is 0 Å². The van der Waals surface area contributed by atoms with Crippen molar-refractivity contribution >= 4 is 20.0 Å². The number of benzene rings is 1. The van der Waals surface area contributed by atoms with E-state index in [1.165, 1.54) is 21.1 Å². The number of sulfonamides is 2. The van der Waals surface area contributed by atoms with Crippen molar-refractivity contribution in [3.63, 3.8) is 0 Å². The second-order valence-electron chi connectivity index (χ2n) is 6.08. The topological polar surface area (TPSA) is 103 Å². The third-order valence-electron chi connectivity index (χ3n) is 4.47. The average molecular weight is 399 g/mol. The molecule has 8 nitrogen and oxygen atoms in total. The highest BCUT2D eigenvalue weighted by Crippen LogP contribution is 2.21. The molecule has 0 saturated carbocycles. The summed E-state index contributed by atoms with van der Waals surface area (Å²) >= 11 is 0. The van der Waals surface area contributed by atoms with E-state index in [4.69, 9.17) is 0 Å². The molecule has 2 heterocycles. The van der Waals surface area contributed by atoms with Gasteiger partial charge in [-0.05, 0) is 30.5 Å². The monoisotopic (exact) mass is 398 g/mol. The van der Waals surface area contributed by atoms with Crippen LogP contribution < -0.4 is 0 Å². The van der Waals surface area contributed by atoms with E-state index < -0.39 is 20.0 Å². The Morgan fingerprint density at radius 1 is 0.962 bits per heavy atom. The van der Waals surface area contributed by atoms with Crippen molar-refractivity contribution in [3.05, 3.63) is 42.4 Å². The maximum absolute atomic E-state index is 12.9. The van der Waals surface area contributed by atoms with Crippen LogP contribution in [0.3, 0.4) is 0 Å². The Kier molecular flexibility index (Phi) is 5.47. The van der Waals surface area contributed by atoms with Gasteiger partial charge >= 0.3 is 0 Å². The summed E-state index contributed by atoms with van der Waals surface area (Å²) in [5.74, 6) is 0. The molecule has 26 heavy (non-hydrogen) atoms. The molecule has 1 saturated heterocycles. The smallest absolute Gasteiger partial charge is 0.260 e. The fourth-order valence-electron chi connectivity index (χ4n) is 2.92. The summed E-state index contributed by atoms with van der Waals surface area (Å²) in [4.78, 5) is 6.58. The van der Waals surface area contributed by atoms with Crippen LogP contribution in [0.15, 0.2) is 46.7 Å². The second-order valence-corrected chi connectivity index (χ2v) is 9.92. The highest BCUT2D eigenvalue weighted by atomic mass is 32.2. The molecule has 0 aliphatic carbocycles. The molecule has 0 spiro atoms. The predicted octanol–water partition coefficient (Wildman–Crippen LogP) is 1.06. The van der Waals surface area contributed by atoms with E-state index in [0.29, 0.717) is 6.42 Å². The molecule has 1 N–H and O–H groups in total. The van der Waals surface area contributed by atoms with E-state index in [2.05, 4.69) is 9.97 Å². The highest BCUT2D eigenvalue weighted by molar-refractivity contribution is 7.89. The molecule has 1 aromatic heterocycles. The first-order valence-electron chi connectivity index (χ1n) is 8.43. The van der Waals surface area contributed by atoms with Gasteiger partial charge in [0.05, 0.1) is 17.4 Å². The van der Waals surface area contributed by atoms with Gasteiger partial charge in [0.2, 0.25) is 10.0 Å². The van der Waals surface area contributed by atoms with Gasteiger partial charge < -0.3 is 4.98 Å². The molecule has 0 amide bonds. The third-order valence-corrected chi connectivity index (χ3v) is 8.21. The molecule has 1 aliphatic heterocycles. The Morgan fingerprint density at radius 3 is 2.12 bits per heavy atom. The molecule has 2 aromatic rings. The van der Waals surface area contributed by atoms with Gasteiger partial charge in [0, 0.05) is 26.2 Å². The van der Waals surface area contributed by atoms with Gasteiger partial charge in [-0.25, -0.2) is 21.8 Å². The fourth-order valence-corrected chi connectivity index (χ4v) is 5.76. The zero-order valence-electron chi connectivity index (χ0n) is 14.5. The summed E-state index contributed by atoms with van der Waals surface area (Å²) in [5, 5.41) is 0.0176. The minimum absolute atomic E-state index is 0.0176. The molecular weight excluding hydrogens is 376 g/mol. The van der Waals surface area contributed by atoms with Crippen molar-refractivity contribution in [2.75, 3.05) is 26.2 Å². The maximum Gasteiger partial charge on any atom is 0.260 e. The average Bonchev–Trinajstić information content (AvgIpc) is 3.06. The number of imidazole rings is 1. The Hall–Kier alpha value is -1.75. The Labute approximate surface area is 154 Å². The van der Waals surface area contributed by atoms with Crippen LogP contribution in [0.4, 0.5) is 0 Å². The summed E-state index contributed by atoms with van der Waals surface area (Å²) in [5.41, 5.74) is 1.07. The lowest BCUT2D eigenvalue weighted by Gasteiger charge is -2.21. The van der Waals surface area contributed by atoms with Crippen LogP contribution in [-0.2, 0) is 26.5 Å². The predicted molar refractivity (Wildman–Crippen MR) is 96.5 cm³/mol. The van der Waals surface area contributed by atoms with Crippen LogP contribution in [0.5, 0.6) is 0 Å². The summed E-state index contributed by atoms with van der Waals surface area (Å²) < 4.78 is 53.6. The zero-order valence-corrected chi connectivity index (χ0v) is 16.1. The number of aromatic nitrogens is 2. The molecule has 1 aromatic carbocycles. The first-order valence-corrected chi connectivity index (χ1v) is 11.3. The van der Waals surface area contributed by atoms with E-state index in [-0.39, 0.29) is 36.1 Å². The number of H-pyrrole nitrogens is 1. The van der Waals surface area contributed by atoms with Gasteiger partial charge in [-0.15, -0.1) is 0 Å². The number of nitrogens with zero attached hydrogens (tertiary/aromatic N) is 3. The minimum Gasteiger partial charge on any atom is -0.335 e. The lowest BCUT2D eigenvalue weighted by molar-refractivity contribution is 0.403. The van der Waals surface area contributed by atoms with Crippen LogP contribution in [0.2, 0.25) is 0 Å². The van der Waals surface area contributed by atoms with Gasteiger partial charge in [-0.1, -0.05) is 19.1 Å². The summed E-state index contributed by atoms with van der Waals surface area (Å²) in [6.45, 7) is 2.78. The number of nitrogens with one attached hydrogen (secondary N) is 1. The van der Waals surface area contributed by atoms with Gasteiger partial charge in [-0.2, -0.15) is 8.61 Å². The van der Waals surface area contributed by atoms with Gasteiger partial charge in [0.1, 0.15) is 0 Å². The van der Waals surface area contributed by atoms with Crippen molar-refractivity contribution < 1.29 is 16.8 Å². The van der Waals surface area contributed by atoms with Crippen LogP contribution in [0, 0.1) is 0 Å². The second kappa shape index (κ2) is 7.47. The molecule has 3 rings (SSSR count). The van der Waals surface area contributed by atoms with Crippen molar-refractivity contribution in [1.82, 2.24) is 18.6 Å². The quantitative estimate of drug-likeness (QED) is 0.811. The van der Waals surface area contributed by atoms with Crippen LogP contribution in [0.1, 0.15) is 18.9 Å². The van der Waals surface area contributed by atoms with Crippen LogP contribution in [-0.4, -0.2) is 61.6 Å². The Balaban J connectivity index is 1.77. The molecule has 0 atom stereocenters. The van der Waals surface area contributed by atoms with E-state index in [9.17, 15) is 16.8 Å². The SMILES string of the molecule is CCc1ccc(S(=O)(=O)N2CCCN(S(=O)(=O)c3cnc[nH]3)CC2)cc1. The van der Waals surface area contributed by atoms with Crippen molar-refractivity contribution in [1.29, 1.82) is 0 Å². The van der Waals surface area contributed by atoms with E-state index in [1.807, 2.05) is 6.92 Å². The van der Waals surface area contributed by atoms with E-state index in [1.54, 1.807) is 24.3 Å². The normalized spacial score (nSPS) is 17.9. The van der Waals surface area contributed by atoms with Crippen molar-refractivity contribution in [3.8, 4) is 0 Å². The standard InChI is InChI=1S/C16H22N4O4S2/c1-2-14-4-6-15(7-5-14)25(21,22)19-8-3-9-20(11-10-19)26(23,24)16-12-17-13-18-16/h4-7,12-13H,2-3,8-11H2,1H3,(H,17,18). The first kappa shape index (κ1) is 19.0. The maximum atomic E-state index is 12.9. The van der Waals surface area contributed by atoms with E-state index in [0.717, 1.165) is 12.0 Å². The van der Waals surface area contributed by atoms with Gasteiger partial charge in [0.15, 0.2) is 5.03 Å². The van der Waals surface area contributed by atoms with Gasteiger partial charge in [-0.3, -0.25) is 0 Å². The molecule has 0 unspecified atom stereocenters. The molecule has 10 heteroatoms. The van der Waals surface area contributed by atoms with Crippen LogP contribution in [0.25, 0.3) is 0 Å². The Bertz CT molecular complexity index is 939. The van der Waals surface area contributed by atoms with Gasteiger partial charge in [0.25, 0.3) is 10.0 Å². The number of hydrogen-bond donors (Lipinski definition) is 1. The molecule has 142 valence electrons. The summed E-state index contributed by atoms with van der Waals surface area (Å²) in [6, 6.07) is 6.83. The molecule has 1 aliphatic rings. The zero-order chi connectivity index (χ0) is 18.8. The fraction of sp³-hybridized carbons (Fsp3) is 0.438. The first-order chi connectivity index (χ1) is 12.4. The molecule has 0 bridgehead atoms. The lowest BCUT2D eigenvalue weighted by atomic mass is 10.2. The number of hydrogen-bond acceptors (Lipinski definition) is 5. The molecule has 0 radical (unpaired) electrons. The third kappa shape index (κ3) is 3.68. The van der Waals surface area contributed by atoms with E-state index >= 15 is 0 Å².